The molecular formula is C19H18ClN3O5S. The Morgan fingerprint density at radius 1 is 1.24 bits per heavy atom. The van der Waals surface area contributed by atoms with E-state index < -0.39 is 0 Å². The highest BCUT2D eigenvalue weighted by Gasteiger charge is 2.17. The van der Waals surface area contributed by atoms with Crippen molar-refractivity contribution in [3.8, 4) is 23.0 Å². The maximum absolute atomic E-state index is 12.6. The van der Waals surface area contributed by atoms with Crippen LogP contribution in [-0.4, -0.2) is 31.0 Å². The second kappa shape index (κ2) is 8.97. The number of ether oxygens (including phenoxy) is 2. The van der Waals surface area contributed by atoms with Crippen molar-refractivity contribution in [3.05, 3.63) is 46.0 Å². The molecule has 8 nitrogen and oxygen atoms in total. The number of halogens is 1. The summed E-state index contributed by atoms with van der Waals surface area (Å²) in [5, 5.41) is 7.81. The Bertz CT molecular complexity index is 1050. The van der Waals surface area contributed by atoms with E-state index in [1.807, 2.05) is 0 Å². The molecule has 10 heteroatoms. The van der Waals surface area contributed by atoms with Crippen molar-refractivity contribution in [2.75, 3.05) is 19.5 Å². The number of benzene rings is 1. The van der Waals surface area contributed by atoms with Crippen LogP contribution >= 0.6 is 22.9 Å². The number of nitrogens with zero attached hydrogens (tertiary/aromatic N) is 1. The van der Waals surface area contributed by atoms with E-state index >= 15 is 0 Å². The molecule has 2 N–H and O–H groups in total. The minimum absolute atomic E-state index is 0.142. The van der Waals surface area contributed by atoms with E-state index in [4.69, 9.17) is 25.5 Å². The summed E-state index contributed by atoms with van der Waals surface area (Å²) in [7, 11) is 2.93. The number of methoxy groups -OCH3 is 2. The predicted molar refractivity (Wildman–Crippen MR) is 110 cm³/mol. The second-order valence-corrected chi connectivity index (χ2v) is 7.13. The third kappa shape index (κ3) is 4.87. The number of carbonyl (C=O) groups excluding carboxylic acids is 2. The minimum atomic E-state index is -0.389. The molecule has 2 heterocycles. The number of nitrogens with one attached hydrogen (secondary N) is 2. The second-order valence-electron chi connectivity index (χ2n) is 5.86. The Hall–Kier alpha value is -3.04. The predicted octanol–water partition coefficient (Wildman–Crippen LogP) is 3.96. The van der Waals surface area contributed by atoms with Gasteiger partial charge in [0.05, 0.1) is 25.8 Å². The molecule has 0 bridgehead atoms. The van der Waals surface area contributed by atoms with E-state index in [0.29, 0.717) is 46.0 Å². The Kier molecular flexibility index (Phi) is 6.40. The summed E-state index contributed by atoms with van der Waals surface area (Å²) in [6, 6.07) is 6.55. The third-order valence-electron chi connectivity index (χ3n) is 3.85. The number of aromatic nitrogens is 1. The third-order valence-corrected chi connectivity index (χ3v) is 4.88. The molecular weight excluding hydrogens is 418 g/mol. The van der Waals surface area contributed by atoms with E-state index in [-0.39, 0.29) is 16.8 Å². The van der Waals surface area contributed by atoms with Crippen molar-refractivity contribution >= 4 is 39.9 Å². The fraction of sp³-hybridized carbons (Fsp3) is 0.211. The lowest BCUT2D eigenvalue weighted by Crippen LogP contribution is -2.18. The summed E-state index contributed by atoms with van der Waals surface area (Å²) in [6.45, 7) is 1.73. The van der Waals surface area contributed by atoms with Gasteiger partial charge in [0.2, 0.25) is 5.91 Å². The topological polar surface area (TPSA) is 103 Å². The average molecular weight is 436 g/mol. The van der Waals surface area contributed by atoms with Crippen LogP contribution in [0.3, 0.4) is 0 Å². The zero-order valence-corrected chi connectivity index (χ0v) is 17.4. The first kappa shape index (κ1) is 20.7. The zero-order chi connectivity index (χ0) is 21.0. The average Bonchev–Trinajstić information content (AvgIpc) is 3.34. The normalized spacial score (nSPS) is 10.5. The van der Waals surface area contributed by atoms with Gasteiger partial charge in [-0.2, -0.15) is 0 Å². The standard InChI is InChI=1S/C19H18ClN3O5S/c1-10(24)21-8-12-4-5-15(28-12)14-9-29-19(22-14)23-18(25)11-6-13(20)17(27-3)16(7-11)26-2/h4-7,9H,8H2,1-3H3,(H,21,24)(H,22,23,25). The van der Waals surface area contributed by atoms with Gasteiger partial charge in [-0.3, -0.25) is 14.9 Å². The molecule has 0 aliphatic carbocycles. The SMILES string of the molecule is COc1cc(C(=O)Nc2nc(-c3ccc(CNC(C)=O)o3)cs2)cc(Cl)c1OC. The Morgan fingerprint density at radius 3 is 2.72 bits per heavy atom. The molecule has 3 aromatic rings. The van der Waals surface area contributed by atoms with Gasteiger partial charge in [-0.1, -0.05) is 11.6 Å². The quantitative estimate of drug-likeness (QED) is 0.582. The van der Waals surface area contributed by atoms with Crippen LogP contribution in [0.15, 0.2) is 34.1 Å². The lowest BCUT2D eigenvalue weighted by molar-refractivity contribution is -0.119. The fourth-order valence-electron chi connectivity index (χ4n) is 2.48. The summed E-state index contributed by atoms with van der Waals surface area (Å²) in [5.74, 6) is 1.32. The van der Waals surface area contributed by atoms with Gasteiger partial charge < -0.3 is 19.2 Å². The van der Waals surface area contributed by atoms with E-state index in [0.717, 1.165) is 0 Å². The van der Waals surface area contributed by atoms with Crippen LogP contribution in [0.1, 0.15) is 23.0 Å². The molecule has 0 fully saturated rings. The van der Waals surface area contributed by atoms with Gasteiger partial charge in [0.15, 0.2) is 22.4 Å². The van der Waals surface area contributed by atoms with Crippen LogP contribution in [0, 0.1) is 0 Å². The van der Waals surface area contributed by atoms with Gasteiger partial charge in [-0.15, -0.1) is 11.3 Å². The highest BCUT2D eigenvalue weighted by molar-refractivity contribution is 7.14. The first-order chi connectivity index (χ1) is 13.9. The van der Waals surface area contributed by atoms with E-state index in [2.05, 4.69) is 15.6 Å². The number of rotatable bonds is 7. The summed E-state index contributed by atoms with van der Waals surface area (Å²) < 4.78 is 16.1. The van der Waals surface area contributed by atoms with Crippen LogP contribution in [0.25, 0.3) is 11.5 Å². The smallest absolute Gasteiger partial charge is 0.257 e. The van der Waals surface area contributed by atoms with E-state index in [1.54, 1.807) is 17.5 Å². The lowest BCUT2D eigenvalue weighted by Gasteiger charge is -2.11. The molecule has 0 radical (unpaired) electrons. The van der Waals surface area contributed by atoms with Crippen LogP contribution in [0.5, 0.6) is 11.5 Å². The molecule has 0 atom stereocenters. The van der Waals surface area contributed by atoms with Crippen molar-refractivity contribution in [1.29, 1.82) is 0 Å². The minimum Gasteiger partial charge on any atom is -0.493 e. The van der Waals surface area contributed by atoms with Crippen molar-refractivity contribution in [1.82, 2.24) is 10.3 Å². The van der Waals surface area contributed by atoms with Gasteiger partial charge in [0.1, 0.15) is 11.5 Å². The first-order valence-electron chi connectivity index (χ1n) is 8.43. The highest BCUT2D eigenvalue weighted by atomic mass is 35.5. The van der Waals surface area contributed by atoms with Crippen LogP contribution < -0.4 is 20.1 Å². The van der Waals surface area contributed by atoms with Crippen LogP contribution in [-0.2, 0) is 11.3 Å². The molecule has 3 rings (SSSR count). The maximum atomic E-state index is 12.6. The van der Waals surface area contributed by atoms with Gasteiger partial charge in [-0.25, -0.2) is 4.98 Å². The molecule has 0 aliphatic rings. The molecule has 29 heavy (non-hydrogen) atoms. The van der Waals surface area contributed by atoms with Crippen LogP contribution in [0.4, 0.5) is 5.13 Å². The number of hydrogen-bond acceptors (Lipinski definition) is 7. The van der Waals surface area contributed by atoms with Crippen molar-refractivity contribution in [2.24, 2.45) is 0 Å². The van der Waals surface area contributed by atoms with Crippen molar-refractivity contribution in [2.45, 2.75) is 13.5 Å². The van der Waals surface area contributed by atoms with Gasteiger partial charge in [-0.05, 0) is 24.3 Å². The number of amides is 2. The van der Waals surface area contributed by atoms with Crippen molar-refractivity contribution < 1.29 is 23.5 Å². The zero-order valence-electron chi connectivity index (χ0n) is 15.9. The first-order valence-corrected chi connectivity index (χ1v) is 9.69. The summed E-state index contributed by atoms with van der Waals surface area (Å²) in [4.78, 5) is 27.9. The van der Waals surface area contributed by atoms with Gasteiger partial charge >= 0.3 is 0 Å². The molecule has 1 aromatic carbocycles. The molecule has 0 aliphatic heterocycles. The molecule has 0 spiro atoms. The number of thiazole rings is 1. The van der Waals surface area contributed by atoms with Crippen molar-refractivity contribution in [3.63, 3.8) is 0 Å². The van der Waals surface area contributed by atoms with Gasteiger partial charge in [0, 0.05) is 17.9 Å². The number of furan rings is 1. The van der Waals surface area contributed by atoms with Crippen LogP contribution in [0.2, 0.25) is 5.02 Å². The molecule has 152 valence electrons. The number of anilines is 1. The van der Waals surface area contributed by atoms with E-state index in [1.165, 1.54) is 44.6 Å². The molecule has 2 aromatic heterocycles. The summed E-state index contributed by atoms with van der Waals surface area (Å²) in [6.07, 6.45) is 0. The molecule has 0 unspecified atom stereocenters. The summed E-state index contributed by atoms with van der Waals surface area (Å²) >= 11 is 7.41. The monoisotopic (exact) mass is 435 g/mol. The Morgan fingerprint density at radius 2 is 2.03 bits per heavy atom. The molecule has 0 saturated heterocycles. The Balaban J connectivity index is 1.72. The lowest BCUT2D eigenvalue weighted by atomic mass is 10.2. The maximum Gasteiger partial charge on any atom is 0.257 e. The fourth-order valence-corrected chi connectivity index (χ4v) is 3.47. The molecule has 2 amide bonds. The summed E-state index contributed by atoms with van der Waals surface area (Å²) in [5.41, 5.74) is 0.879. The Labute approximate surface area is 175 Å². The molecule has 0 saturated carbocycles. The number of carbonyl (C=O) groups is 2. The highest BCUT2D eigenvalue weighted by Crippen LogP contribution is 2.36. The number of hydrogen-bond donors (Lipinski definition) is 2. The largest absolute Gasteiger partial charge is 0.493 e. The van der Waals surface area contributed by atoms with E-state index in [9.17, 15) is 9.59 Å². The van der Waals surface area contributed by atoms with Gasteiger partial charge in [0.25, 0.3) is 5.91 Å².